The molecule has 0 atom stereocenters. The average Bonchev–Trinajstić information content (AvgIpc) is 2.53. The first-order chi connectivity index (χ1) is 11.2. The van der Waals surface area contributed by atoms with Gasteiger partial charge in [0, 0.05) is 28.2 Å². The fraction of sp³-hybridized carbons (Fsp3) is 0.222. The number of carboxylic acids is 2. The molecule has 0 saturated carbocycles. The molecule has 6 nitrogen and oxygen atoms in total. The summed E-state index contributed by atoms with van der Waals surface area (Å²) >= 11 is 0. The van der Waals surface area contributed by atoms with Crippen molar-refractivity contribution in [3.05, 3.63) is 47.5 Å². The summed E-state index contributed by atoms with van der Waals surface area (Å²) in [6, 6.07) is 10.1. The summed E-state index contributed by atoms with van der Waals surface area (Å²) in [6.45, 7) is 0. The Morgan fingerprint density at radius 3 is 1.29 bits per heavy atom. The zero-order valence-corrected chi connectivity index (χ0v) is 14.1. The molecule has 0 aliphatic rings. The molecule has 0 unspecified atom stereocenters. The van der Waals surface area contributed by atoms with Gasteiger partial charge in [0.2, 0.25) is 0 Å². The molecule has 0 radical (unpaired) electrons. The molecule has 24 heavy (non-hydrogen) atoms. The lowest BCUT2D eigenvalue weighted by Gasteiger charge is -2.18. The van der Waals surface area contributed by atoms with E-state index in [1.165, 1.54) is 0 Å². The summed E-state index contributed by atoms with van der Waals surface area (Å²) < 4.78 is 0. The lowest BCUT2D eigenvalue weighted by molar-refractivity contribution is 0.0686. The third-order valence-corrected chi connectivity index (χ3v) is 3.75. The number of hydrogen-bond acceptors (Lipinski definition) is 4. The van der Waals surface area contributed by atoms with Crippen LogP contribution in [0.3, 0.4) is 0 Å². The number of aromatic carboxylic acids is 2. The molecule has 2 N–H and O–H groups in total. The third kappa shape index (κ3) is 3.32. The summed E-state index contributed by atoms with van der Waals surface area (Å²) in [6.07, 6.45) is 0. The summed E-state index contributed by atoms with van der Waals surface area (Å²) in [5.41, 5.74) is 2.85. The topological polar surface area (TPSA) is 81.1 Å². The number of carboxylic acid groups (broad SMARTS) is 2. The van der Waals surface area contributed by atoms with E-state index in [0.29, 0.717) is 22.5 Å². The Hall–Kier alpha value is -3.02. The number of carbonyl (C=O) groups is 2. The highest BCUT2D eigenvalue weighted by atomic mass is 16.4. The quantitative estimate of drug-likeness (QED) is 0.878. The van der Waals surface area contributed by atoms with Crippen molar-refractivity contribution in [2.75, 3.05) is 38.0 Å². The number of benzene rings is 2. The summed E-state index contributed by atoms with van der Waals surface area (Å²) in [7, 11) is 7.09. The van der Waals surface area contributed by atoms with Crippen LogP contribution in [0.25, 0.3) is 11.1 Å². The van der Waals surface area contributed by atoms with Crippen LogP contribution in [0.2, 0.25) is 0 Å². The van der Waals surface area contributed by atoms with Gasteiger partial charge >= 0.3 is 11.9 Å². The Kier molecular flexibility index (Phi) is 4.78. The second-order valence-corrected chi connectivity index (χ2v) is 5.86. The van der Waals surface area contributed by atoms with E-state index in [-0.39, 0.29) is 11.1 Å². The molecule has 2 aromatic carbocycles. The van der Waals surface area contributed by atoms with Crippen molar-refractivity contribution in [1.82, 2.24) is 0 Å². The Morgan fingerprint density at radius 2 is 1.04 bits per heavy atom. The molecule has 0 aromatic heterocycles. The van der Waals surface area contributed by atoms with Crippen molar-refractivity contribution in [3.63, 3.8) is 0 Å². The van der Waals surface area contributed by atoms with E-state index in [1.807, 2.05) is 0 Å². The molecule has 0 bridgehead atoms. The van der Waals surface area contributed by atoms with Crippen LogP contribution in [0.5, 0.6) is 0 Å². The normalized spacial score (nSPS) is 10.3. The van der Waals surface area contributed by atoms with Gasteiger partial charge in [-0.15, -0.1) is 0 Å². The summed E-state index contributed by atoms with van der Waals surface area (Å²) in [4.78, 5) is 26.5. The largest absolute Gasteiger partial charge is 0.478 e. The number of nitrogens with zero attached hydrogens (tertiary/aromatic N) is 2. The van der Waals surface area contributed by atoms with Crippen LogP contribution in [0.1, 0.15) is 20.7 Å². The van der Waals surface area contributed by atoms with Crippen LogP contribution in [0.15, 0.2) is 36.4 Å². The zero-order chi connectivity index (χ0) is 18.0. The van der Waals surface area contributed by atoms with Gasteiger partial charge < -0.3 is 20.0 Å². The van der Waals surface area contributed by atoms with Crippen LogP contribution in [-0.4, -0.2) is 50.3 Å². The molecule has 6 heteroatoms. The van der Waals surface area contributed by atoms with Crippen molar-refractivity contribution >= 4 is 23.3 Å². The monoisotopic (exact) mass is 328 g/mol. The first kappa shape index (κ1) is 17.3. The Bertz CT molecular complexity index is 730. The van der Waals surface area contributed by atoms with E-state index in [0.717, 1.165) is 0 Å². The molecule has 0 aliphatic carbocycles. The number of hydrogen-bond donors (Lipinski definition) is 2. The minimum atomic E-state index is -1.02. The van der Waals surface area contributed by atoms with Gasteiger partial charge in [-0.2, -0.15) is 0 Å². The van der Waals surface area contributed by atoms with Gasteiger partial charge in [0.15, 0.2) is 0 Å². The number of anilines is 2. The smallest absolute Gasteiger partial charge is 0.337 e. The van der Waals surface area contributed by atoms with Gasteiger partial charge in [0.05, 0.1) is 22.5 Å². The molecule has 0 fully saturated rings. The highest BCUT2D eigenvalue weighted by Crippen LogP contribution is 2.30. The van der Waals surface area contributed by atoms with Gasteiger partial charge in [0.25, 0.3) is 0 Å². The zero-order valence-electron chi connectivity index (χ0n) is 14.1. The van der Waals surface area contributed by atoms with E-state index < -0.39 is 11.9 Å². The van der Waals surface area contributed by atoms with Gasteiger partial charge in [-0.1, -0.05) is 12.1 Å². The molecular formula is C18H20N2O4. The minimum Gasteiger partial charge on any atom is -0.478 e. The summed E-state index contributed by atoms with van der Waals surface area (Å²) in [5, 5.41) is 18.8. The molecule has 126 valence electrons. The molecule has 0 amide bonds. The Labute approximate surface area is 140 Å². The van der Waals surface area contributed by atoms with Crippen molar-refractivity contribution in [3.8, 4) is 11.1 Å². The van der Waals surface area contributed by atoms with Crippen molar-refractivity contribution < 1.29 is 19.8 Å². The van der Waals surface area contributed by atoms with Gasteiger partial charge in [-0.3, -0.25) is 0 Å². The van der Waals surface area contributed by atoms with E-state index in [1.54, 1.807) is 74.4 Å². The Balaban J connectivity index is 2.60. The van der Waals surface area contributed by atoms with E-state index >= 15 is 0 Å². The van der Waals surface area contributed by atoms with Crippen LogP contribution in [0, 0.1) is 0 Å². The van der Waals surface area contributed by atoms with Gasteiger partial charge in [-0.05, 0) is 35.4 Å². The second kappa shape index (κ2) is 6.62. The first-order valence-electron chi connectivity index (χ1n) is 7.32. The van der Waals surface area contributed by atoms with E-state index in [9.17, 15) is 19.8 Å². The maximum absolute atomic E-state index is 11.5. The fourth-order valence-corrected chi connectivity index (χ4v) is 2.55. The lowest BCUT2D eigenvalue weighted by Crippen LogP contribution is -2.14. The Morgan fingerprint density at radius 1 is 0.708 bits per heavy atom. The average molecular weight is 328 g/mol. The standard InChI is InChI=1S/C18H20N2O4/c1-19(2)15-7-5-11(9-13(15)17(21)22)12-6-8-16(20(3)4)14(10-12)18(23)24/h5-10H,1-4H3,(H,21,22)(H,23,24). The SMILES string of the molecule is CN(C)c1ccc(-c2ccc(N(C)C)c(C(=O)O)c2)cc1C(=O)O. The van der Waals surface area contributed by atoms with Crippen LogP contribution in [0.4, 0.5) is 11.4 Å². The maximum Gasteiger partial charge on any atom is 0.337 e. The molecule has 0 saturated heterocycles. The van der Waals surface area contributed by atoms with Gasteiger partial charge in [-0.25, -0.2) is 9.59 Å². The van der Waals surface area contributed by atoms with Gasteiger partial charge in [0.1, 0.15) is 0 Å². The van der Waals surface area contributed by atoms with Crippen molar-refractivity contribution in [2.45, 2.75) is 0 Å². The highest BCUT2D eigenvalue weighted by molar-refractivity contribution is 5.98. The third-order valence-electron chi connectivity index (χ3n) is 3.75. The summed E-state index contributed by atoms with van der Waals surface area (Å²) in [5.74, 6) is -2.05. The van der Waals surface area contributed by atoms with Crippen molar-refractivity contribution in [2.24, 2.45) is 0 Å². The maximum atomic E-state index is 11.5. The fourth-order valence-electron chi connectivity index (χ4n) is 2.55. The lowest BCUT2D eigenvalue weighted by atomic mass is 9.98. The highest BCUT2D eigenvalue weighted by Gasteiger charge is 2.16. The molecule has 2 rings (SSSR count). The van der Waals surface area contributed by atoms with Crippen molar-refractivity contribution in [1.29, 1.82) is 0 Å². The predicted octanol–water partition coefficient (Wildman–Crippen LogP) is 2.88. The van der Waals surface area contributed by atoms with E-state index in [2.05, 4.69) is 0 Å². The van der Waals surface area contributed by atoms with E-state index in [4.69, 9.17) is 0 Å². The molecular weight excluding hydrogens is 308 g/mol. The predicted molar refractivity (Wildman–Crippen MR) is 94.5 cm³/mol. The minimum absolute atomic E-state index is 0.172. The van der Waals surface area contributed by atoms with Crippen LogP contribution < -0.4 is 9.80 Å². The molecule has 0 spiro atoms. The first-order valence-corrected chi connectivity index (χ1v) is 7.32. The molecule has 2 aromatic rings. The van der Waals surface area contributed by atoms with Crippen LogP contribution >= 0.6 is 0 Å². The van der Waals surface area contributed by atoms with Crippen LogP contribution in [-0.2, 0) is 0 Å². The second-order valence-electron chi connectivity index (χ2n) is 5.86. The molecule has 0 aliphatic heterocycles. The number of rotatable bonds is 5. The molecule has 0 heterocycles.